The number of primary amides is 1. The average molecular weight is 207 g/mol. The van der Waals surface area contributed by atoms with Gasteiger partial charge in [-0.3, -0.25) is 9.78 Å². The van der Waals surface area contributed by atoms with Crippen LogP contribution in [0.2, 0.25) is 5.02 Å². The lowest BCUT2D eigenvalue weighted by Gasteiger charge is -2.02. The SMILES string of the molecule is NC(=O)c1ccnc2c(Cl)cccc12. The lowest BCUT2D eigenvalue weighted by molar-refractivity contribution is 0.100. The summed E-state index contributed by atoms with van der Waals surface area (Å²) < 4.78 is 0. The van der Waals surface area contributed by atoms with E-state index < -0.39 is 5.91 Å². The van der Waals surface area contributed by atoms with E-state index in [0.717, 1.165) is 0 Å². The van der Waals surface area contributed by atoms with Crippen LogP contribution in [0, 0.1) is 0 Å². The van der Waals surface area contributed by atoms with Gasteiger partial charge in [-0.25, -0.2) is 0 Å². The zero-order valence-corrected chi connectivity index (χ0v) is 7.95. The van der Waals surface area contributed by atoms with Crippen LogP contribution in [-0.2, 0) is 0 Å². The van der Waals surface area contributed by atoms with Crippen LogP contribution in [0.25, 0.3) is 10.9 Å². The summed E-state index contributed by atoms with van der Waals surface area (Å²) in [6.45, 7) is 0. The van der Waals surface area contributed by atoms with Gasteiger partial charge in [0.25, 0.3) is 0 Å². The molecule has 0 aliphatic heterocycles. The number of aromatic nitrogens is 1. The van der Waals surface area contributed by atoms with Crippen LogP contribution in [0.3, 0.4) is 0 Å². The van der Waals surface area contributed by atoms with E-state index in [9.17, 15) is 4.79 Å². The number of rotatable bonds is 1. The second-order valence-corrected chi connectivity index (χ2v) is 3.27. The fourth-order valence-electron chi connectivity index (χ4n) is 1.35. The highest BCUT2D eigenvalue weighted by Crippen LogP contribution is 2.23. The molecule has 4 heteroatoms. The summed E-state index contributed by atoms with van der Waals surface area (Å²) >= 11 is 5.92. The first-order valence-electron chi connectivity index (χ1n) is 4.03. The van der Waals surface area contributed by atoms with E-state index in [4.69, 9.17) is 17.3 Å². The highest BCUT2D eigenvalue weighted by molar-refractivity contribution is 6.35. The molecule has 70 valence electrons. The molecule has 2 rings (SSSR count). The number of halogens is 1. The predicted molar refractivity (Wildman–Crippen MR) is 55.3 cm³/mol. The number of para-hydroxylation sites is 1. The molecule has 0 spiro atoms. The van der Waals surface area contributed by atoms with E-state index in [1.807, 2.05) is 0 Å². The normalized spacial score (nSPS) is 10.4. The molecule has 2 aromatic rings. The van der Waals surface area contributed by atoms with Crippen molar-refractivity contribution in [3.05, 3.63) is 41.0 Å². The molecule has 0 radical (unpaired) electrons. The first-order chi connectivity index (χ1) is 6.70. The standard InChI is InChI=1S/C10H7ClN2O/c11-8-3-1-2-6-7(10(12)14)4-5-13-9(6)8/h1-5H,(H2,12,14). The summed E-state index contributed by atoms with van der Waals surface area (Å²) in [5.41, 5.74) is 6.26. The van der Waals surface area contributed by atoms with Gasteiger partial charge in [0.1, 0.15) is 0 Å². The monoisotopic (exact) mass is 206 g/mol. The largest absolute Gasteiger partial charge is 0.366 e. The maximum Gasteiger partial charge on any atom is 0.249 e. The Morgan fingerprint density at radius 3 is 2.86 bits per heavy atom. The number of benzene rings is 1. The van der Waals surface area contributed by atoms with Gasteiger partial charge in [-0.15, -0.1) is 0 Å². The van der Waals surface area contributed by atoms with Crippen LogP contribution in [0.4, 0.5) is 0 Å². The lowest BCUT2D eigenvalue weighted by atomic mass is 10.1. The number of carbonyl (C=O) groups excluding carboxylic acids is 1. The summed E-state index contributed by atoms with van der Waals surface area (Å²) in [6, 6.07) is 6.84. The molecule has 0 atom stereocenters. The first-order valence-corrected chi connectivity index (χ1v) is 4.41. The molecule has 0 saturated heterocycles. The smallest absolute Gasteiger partial charge is 0.249 e. The van der Waals surface area contributed by atoms with Gasteiger partial charge in [0.2, 0.25) is 5.91 Å². The third-order valence-electron chi connectivity index (χ3n) is 1.99. The number of amides is 1. The van der Waals surface area contributed by atoms with Crippen molar-refractivity contribution in [1.29, 1.82) is 0 Å². The average Bonchev–Trinajstić information content (AvgIpc) is 2.17. The van der Waals surface area contributed by atoms with Crippen LogP contribution < -0.4 is 5.73 Å². The van der Waals surface area contributed by atoms with Crippen molar-refractivity contribution < 1.29 is 4.79 Å². The number of fused-ring (bicyclic) bond motifs is 1. The fourth-order valence-corrected chi connectivity index (χ4v) is 1.58. The van der Waals surface area contributed by atoms with Gasteiger partial charge in [0, 0.05) is 11.6 Å². The molecular formula is C10H7ClN2O. The molecule has 1 aromatic carbocycles. The third kappa shape index (κ3) is 1.32. The van der Waals surface area contributed by atoms with E-state index in [-0.39, 0.29) is 0 Å². The van der Waals surface area contributed by atoms with Gasteiger partial charge in [0.05, 0.1) is 16.1 Å². The van der Waals surface area contributed by atoms with Gasteiger partial charge >= 0.3 is 0 Å². The van der Waals surface area contributed by atoms with E-state index >= 15 is 0 Å². The van der Waals surface area contributed by atoms with Gasteiger partial charge in [-0.2, -0.15) is 0 Å². The quantitative estimate of drug-likeness (QED) is 0.776. The van der Waals surface area contributed by atoms with E-state index in [1.54, 1.807) is 24.3 Å². The number of hydrogen-bond acceptors (Lipinski definition) is 2. The number of nitrogens with zero attached hydrogens (tertiary/aromatic N) is 1. The Hall–Kier alpha value is -1.61. The molecule has 0 fully saturated rings. The summed E-state index contributed by atoms with van der Waals surface area (Å²) in [5, 5.41) is 1.21. The Morgan fingerprint density at radius 1 is 1.36 bits per heavy atom. The zero-order chi connectivity index (χ0) is 10.1. The Bertz CT molecular complexity index is 510. The van der Waals surface area contributed by atoms with Crippen LogP contribution in [0.5, 0.6) is 0 Å². The van der Waals surface area contributed by atoms with Crippen molar-refractivity contribution >= 4 is 28.4 Å². The van der Waals surface area contributed by atoms with Gasteiger partial charge < -0.3 is 5.73 Å². The van der Waals surface area contributed by atoms with Crippen LogP contribution in [0.15, 0.2) is 30.5 Å². The Labute approximate surface area is 85.5 Å². The van der Waals surface area contributed by atoms with Crippen molar-refractivity contribution in [2.24, 2.45) is 5.73 Å². The highest BCUT2D eigenvalue weighted by Gasteiger charge is 2.08. The first kappa shape index (κ1) is 8.97. The second kappa shape index (κ2) is 3.27. The molecule has 1 aromatic heterocycles. The molecule has 0 aliphatic rings. The molecule has 3 nitrogen and oxygen atoms in total. The number of nitrogens with two attached hydrogens (primary N) is 1. The molecular weight excluding hydrogens is 200 g/mol. The molecule has 2 N–H and O–H groups in total. The molecule has 0 bridgehead atoms. The zero-order valence-electron chi connectivity index (χ0n) is 7.20. The minimum absolute atomic E-state index is 0.442. The maximum atomic E-state index is 11.1. The highest BCUT2D eigenvalue weighted by atomic mass is 35.5. The molecule has 1 amide bonds. The van der Waals surface area contributed by atoms with Gasteiger partial charge in [-0.1, -0.05) is 23.7 Å². The predicted octanol–water partition coefficient (Wildman–Crippen LogP) is 1.99. The summed E-state index contributed by atoms with van der Waals surface area (Å²) in [5.74, 6) is -0.473. The number of carbonyl (C=O) groups is 1. The summed E-state index contributed by atoms with van der Waals surface area (Å²) in [4.78, 5) is 15.2. The molecule has 0 saturated carbocycles. The Balaban J connectivity index is 2.88. The molecule has 0 aliphatic carbocycles. The van der Waals surface area contributed by atoms with Crippen molar-refractivity contribution in [2.45, 2.75) is 0 Å². The lowest BCUT2D eigenvalue weighted by Crippen LogP contribution is -2.11. The van der Waals surface area contributed by atoms with E-state index in [2.05, 4.69) is 4.98 Å². The van der Waals surface area contributed by atoms with Gasteiger partial charge in [-0.05, 0) is 12.1 Å². The minimum Gasteiger partial charge on any atom is -0.366 e. The topological polar surface area (TPSA) is 56.0 Å². The van der Waals surface area contributed by atoms with Crippen molar-refractivity contribution in [1.82, 2.24) is 4.98 Å². The number of hydrogen-bond donors (Lipinski definition) is 1. The van der Waals surface area contributed by atoms with E-state index in [1.165, 1.54) is 6.20 Å². The number of pyridine rings is 1. The van der Waals surface area contributed by atoms with Crippen LogP contribution >= 0.6 is 11.6 Å². The Kier molecular flexibility index (Phi) is 2.09. The summed E-state index contributed by atoms with van der Waals surface area (Å²) in [6.07, 6.45) is 1.52. The maximum absolute atomic E-state index is 11.1. The fraction of sp³-hybridized carbons (Fsp3) is 0. The van der Waals surface area contributed by atoms with Gasteiger partial charge in [0.15, 0.2) is 0 Å². The summed E-state index contributed by atoms with van der Waals surface area (Å²) in [7, 11) is 0. The molecule has 1 heterocycles. The molecule has 14 heavy (non-hydrogen) atoms. The minimum atomic E-state index is -0.473. The van der Waals surface area contributed by atoms with Crippen molar-refractivity contribution in [2.75, 3.05) is 0 Å². The van der Waals surface area contributed by atoms with Crippen LogP contribution in [0.1, 0.15) is 10.4 Å². The third-order valence-corrected chi connectivity index (χ3v) is 2.29. The van der Waals surface area contributed by atoms with Crippen molar-refractivity contribution in [3.8, 4) is 0 Å². The second-order valence-electron chi connectivity index (χ2n) is 2.86. The Morgan fingerprint density at radius 2 is 2.14 bits per heavy atom. The van der Waals surface area contributed by atoms with Crippen LogP contribution in [-0.4, -0.2) is 10.9 Å². The molecule has 0 unspecified atom stereocenters. The van der Waals surface area contributed by atoms with Crippen molar-refractivity contribution in [3.63, 3.8) is 0 Å². The van der Waals surface area contributed by atoms with E-state index in [0.29, 0.717) is 21.5 Å².